The van der Waals surface area contributed by atoms with Crippen LogP contribution in [0.5, 0.6) is 5.75 Å². The third kappa shape index (κ3) is 3.89. The average molecular weight is 312 g/mol. The van der Waals surface area contributed by atoms with Crippen molar-refractivity contribution >= 4 is 17.5 Å². The van der Waals surface area contributed by atoms with Crippen LogP contribution in [0.25, 0.3) is 0 Å². The molecule has 1 fully saturated rings. The van der Waals surface area contributed by atoms with Gasteiger partial charge in [-0.05, 0) is 31.9 Å². The number of benzene rings is 1. The molecule has 0 heterocycles. The lowest BCUT2D eigenvalue weighted by molar-refractivity contribution is -0.142. The number of ether oxygens (including phenoxy) is 1. The van der Waals surface area contributed by atoms with E-state index in [-0.39, 0.29) is 11.9 Å². The summed E-state index contributed by atoms with van der Waals surface area (Å²) in [5, 5.41) is 10.5. The number of nitrogens with zero attached hydrogens (tertiary/aromatic N) is 1. The smallest absolute Gasteiger partial charge is 0.263 e. The Kier molecular flexibility index (Phi) is 5.48. The first-order chi connectivity index (χ1) is 10.0. The highest BCUT2D eigenvalue weighted by molar-refractivity contribution is 6.32. The van der Waals surface area contributed by atoms with E-state index in [2.05, 4.69) is 0 Å². The normalized spacial score (nSPS) is 23.4. The van der Waals surface area contributed by atoms with E-state index in [0.29, 0.717) is 10.8 Å². The van der Waals surface area contributed by atoms with E-state index in [0.717, 1.165) is 25.7 Å². The minimum Gasteiger partial charge on any atom is -0.479 e. The Morgan fingerprint density at radius 1 is 1.38 bits per heavy atom. The molecule has 0 spiro atoms. The summed E-state index contributed by atoms with van der Waals surface area (Å²) >= 11 is 6.03. The number of rotatable bonds is 4. The second kappa shape index (κ2) is 7.14. The van der Waals surface area contributed by atoms with Gasteiger partial charge in [-0.1, -0.05) is 36.6 Å². The minimum atomic E-state index is -0.635. The molecule has 2 rings (SSSR count). The van der Waals surface area contributed by atoms with Gasteiger partial charge < -0.3 is 14.7 Å². The molecule has 1 N–H and O–H groups in total. The highest BCUT2D eigenvalue weighted by atomic mass is 35.5. The van der Waals surface area contributed by atoms with E-state index in [1.807, 2.05) is 12.1 Å². The molecule has 0 aromatic heterocycles. The Morgan fingerprint density at radius 2 is 2.05 bits per heavy atom. The summed E-state index contributed by atoms with van der Waals surface area (Å²) in [6.45, 7) is 1.71. The second-order valence-electron chi connectivity index (χ2n) is 5.56. The predicted octanol–water partition coefficient (Wildman–Crippen LogP) is 2.87. The van der Waals surface area contributed by atoms with Gasteiger partial charge in [-0.15, -0.1) is 0 Å². The maximum absolute atomic E-state index is 12.5. The van der Waals surface area contributed by atoms with Gasteiger partial charge in [-0.25, -0.2) is 0 Å². The summed E-state index contributed by atoms with van der Waals surface area (Å²) < 4.78 is 5.65. The lowest BCUT2D eigenvalue weighted by Crippen LogP contribution is -2.50. The van der Waals surface area contributed by atoms with Crippen LogP contribution < -0.4 is 4.74 Å². The van der Waals surface area contributed by atoms with Crippen LogP contribution in [0.1, 0.15) is 32.6 Å². The highest BCUT2D eigenvalue weighted by Crippen LogP contribution is 2.26. The average Bonchev–Trinajstić information content (AvgIpc) is 2.48. The molecular weight excluding hydrogens is 290 g/mol. The van der Waals surface area contributed by atoms with Crippen LogP contribution in [0, 0.1) is 0 Å². The largest absolute Gasteiger partial charge is 0.479 e. The monoisotopic (exact) mass is 311 g/mol. The number of aliphatic hydroxyl groups excluding tert-OH is 1. The van der Waals surface area contributed by atoms with Gasteiger partial charge in [0, 0.05) is 7.05 Å². The van der Waals surface area contributed by atoms with Gasteiger partial charge in [-0.2, -0.15) is 0 Å². The molecule has 4 nitrogen and oxygen atoms in total. The molecular formula is C16H22ClNO3. The van der Waals surface area contributed by atoms with Crippen LogP contribution >= 0.6 is 11.6 Å². The summed E-state index contributed by atoms with van der Waals surface area (Å²) in [5.74, 6) is 0.360. The van der Waals surface area contributed by atoms with Gasteiger partial charge in [0.2, 0.25) is 0 Å². The van der Waals surface area contributed by atoms with Crippen molar-refractivity contribution in [1.82, 2.24) is 4.90 Å². The number of amides is 1. The van der Waals surface area contributed by atoms with Crippen molar-refractivity contribution in [2.45, 2.75) is 50.9 Å². The molecule has 0 aliphatic heterocycles. The van der Waals surface area contributed by atoms with Crippen LogP contribution in [0.2, 0.25) is 5.02 Å². The molecule has 0 unspecified atom stereocenters. The molecule has 1 aliphatic carbocycles. The number of hydrogen-bond donors (Lipinski definition) is 1. The van der Waals surface area contributed by atoms with Gasteiger partial charge in [0.05, 0.1) is 17.2 Å². The SMILES string of the molecule is C[C@@H](Oc1ccccc1Cl)C(=O)N(C)[C@@H]1CCCC[C@@H]1O. The summed E-state index contributed by atoms with van der Waals surface area (Å²) in [6.07, 6.45) is 2.57. The summed E-state index contributed by atoms with van der Waals surface area (Å²) in [7, 11) is 1.73. The molecule has 1 aliphatic rings. The maximum atomic E-state index is 12.5. The molecule has 1 aromatic carbocycles. The fraction of sp³-hybridized carbons (Fsp3) is 0.562. The number of carbonyl (C=O) groups excluding carboxylic acids is 1. The van der Waals surface area contributed by atoms with Gasteiger partial charge in [0.15, 0.2) is 6.10 Å². The van der Waals surface area contributed by atoms with Crippen molar-refractivity contribution in [2.75, 3.05) is 7.05 Å². The van der Waals surface area contributed by atoms with Gasteiger partial charge in [-0.3, -0.25) is 4.79 Å². The summed E-state index contributed by atoms with van der Waals surface area (Å²) in [6, 6.07) is 6.97. The van der Waals surface area contributed by atoms with E-state index in [4.69, 9.17) is 16.3 Å². The van der Waals surface area contributed by atoms with Gasteiger partial charge in [0.25, 0.3) is 5.91 Å². The second-order valence-corrected chi connectivity index (χ2v) is 5.97. The first-order valence-electron chi connectivity index (χ1n) is 7.36. The zero-order valence-corrected chi connectivity index (χ0v) is 13.2. The number of likely N-dealkylation sites (N-methyl/N-ethyl adjacent to an activating group) is 1. The molecule has 0 saturated heterocycles. The zero-order chi connectivity index (χ0) is 15.4. The van der Waals surface area contributed by atoms with Crippen molar-refractivity contribution < 1.29 is 14.6 Å². The Hall–Kier alpha value is -1.26. The number of hydrogen-bond acceptors (Lipinski definition) is 3. The minimum absolute atomic E-state index is 0.122. The van der Waals surface area contributed by atoms with Gasteiger partial charge in [0.1, 0.15) is 5.75 Å². The Morgan fingerprint density at radius 3 is 2.71 bits per heavy atom. The fourth-order valence-electron chi connectivity index (χ4n) is 2.77. The predicted molar refractivity (Wildman–Crippen MR) is 82.6 cm³/mol. The maximum Gasteiger partial charge on any atom is 0.263 e. The van der Waals surface area contributed by atoms with Crippen LogP contribution in [0.15, 0.2) is 24.3 Å². The molecule has 0 radical (unpaired) electrons. The third-order valence-corrected chi connectivity index (χ3v) is 4.34. The van der Waals surface area contributed by atoms with Crippen LogP contribution in [-0.4, -0.2) is 41.2 Å². The van der Waals surface area contributed by atoms with Crippen molar-refractivity contribution in [3.8, 4) is 5.75 Å². The van der Waals surface area contributed by atoms with Crippen molar-refractivity contribution in [2.24, 2.45) is 0 Å². The molecule has 3 atom stereocenters. The summed E-state index contributed by atoms with van der Waals surface area (Å²) in [4.78, 5) is 14.1. The topological polar surface area (TPSA) is 49.8 Å². The molecule has 21 heavy (non-hydrogen) atoms. The Balaban J connectivity index is 2.00. The lowest BCUT2D eigenvalue weighted by atomic mass is 9.91. The van der Waals surface area contributed by atoms with Gasteiger partial charge >= 0.3 is 0 Å². The quantitative estimate of drug-likeness (QED) is 0.930. The molecule has 5 heteroatoms. The number of aliphatic hydroxyl groups is 1. The van der Waals surface area contributed by atoms with E-state index in [1.54, 1.807) is 31.0 Å². The molecule has 1 amide bonds. The Bertz CT molecular complexity index is 494. The number of para-hydroxylation sites is 1. The standard InChI is InChI=1S/C16H22ClNO3/c1-11(21-15-10-6-3-7-12(15)17)16(20)18(2)13-8-4-5-9-14(13)19/h3,6-7,10-11,13-14,19H,4-5,8-9H2,1-2H3/t11-,13-,14+/m1/s1. The van der Waals surface area contributed by atoms with Crippen LogP contribution in [0.3, 0.4) is 0 Å². The number of carbonyl (C=O) groups is 1. The van der Waals surface area contributed by atoms with Crippen LogP contribution in [0.4, 0.5) is 0 Å². The van der Waals surface area contributed by atoms with E-state index in [1.165, 1.54) is 0 Å². The molecule has 0 bridgehead atoms. The zero-order valence-electron chi connectivity index (χ0n) is 12.5. The fourth-order valence-corrected chi connectivity index (χ4v) is 2.96. The molecule has 1 saturated carbocycles. The lowest BCUT2D eigenvalue weighted by Gasteiger charge is -2.36. The summed E-state index contributed by atoms with van der Waals surface area (Å²) in [5.41, 5.74) is 0. The van der Waals surface area contributed by atoms with E-state index in [9.17, 15) is 9.90 Å². The van der Waals surface area contributed by atoms with Crippen molar-refractivity contribution in [3.05, 3.63) is 29.3 Å². The molecule has 1 aromatic rings. The van der Waals surface area contributed by atoms with Crippen molar-refractivity contribution in [1.29, 1.82) is 0 Å². The number of halogens is 1. The first-order valence-corrected chi connectivity index (χ1v) is 7.74. The van der Waals surface area contributed by atoms with Crippen LogP contribution in [-0.2, 0) is 4.79 Å². The first kappa shape index (κ1) is 16.1. The molecule has 116 valence electrons. The van der Waals surface area contributed by atoms with Crippen molar-refractivity contribution in [3.63, 3.8) is 0 Å². The Labute approximate surface area is 130 Å². The van der Waals surface area contributed by atoms with E-state index >= 15 is 0 Å². The highest BCUT2D eigenvalue weighted by Gasteiger charge is 2.32. The third-order valence-electron chi connectivity index (χ3n) is 4.03. The van der Waals surface area contributed by atoms with E-state index < -0.39 is 12.2 Å².